The first-order valence-electron chi connectivity index (χ1n) is 3.01. The number of carboxylic acid groups (broad SMARTS) is 1. The zero-order valence-corrected chi connectivity index (χ0v) is 9.63. The van der Waals surface area contributed by atoms with Gasteiger partial charge in [0.2, 0.25) is 0 Å². The number of carbonyl (C=O) groups is 1. The van der Waals surface area contributed by atoms with Crippen LogP contribution in [0.2, 0.25) is 0 Å². The Bertz CT molecular complexity index is 156. The number of carboxylic acids is 1. The summed E-state index contributed by atoms with van der Waals surface area (Å²) in [5.74, 6) is -4.36. The SMILES string of the molecule is O=C(O)C(P)N(C(O)P)C(O)P. The third-order valence-corrected chi connectivity index (χ3v) is 2.50. The largest absolute Gasteiger partial charge is 0.480 e. The minimum atomic E-state index is -1.14. The summed E-state index contributed by atoms with van der Waals surface area (Å²) in [6, 6.07) is 0. The van der Waals surface area contributed by atoms with Crippen LogP contribution in [0, 0.1) is 0 Å². The minimum absolute atomic E-state index is 0.975. The van der Waals surface area contributed by atoms with Crippen LogP contribution in [0.15, 0.2) is 0 Å². The van der Waals surface area contributed by atoms with E-state index in [1.54, 1.807) is 0 Å². The summed E-state index contributed by atoms with van der Waals surface area (Å²) in [5.41, 5.74) is 0. The van der Waals surface area contributed by atoms with E-state index in [4.69, 9.17) is 15.3 Å². The zero-order valence-electron chi connectivity index (χ0n) is 6.16. The van der Waals surface area contributed by atoms with Crippen LogP contribution in [0.25, 0.3) is 0 Å². The first-order valence-corrected chi connectivity index (χ1v) is 5.01. The van der Waals surface area contributed by atoms with Gasteiger partial charge in [-0.15, -0.1) is 9.24 Å². The van der Waals surface area contributed by atoms with E-state index in [0.717, 1.165) is 4.90 Å². The lowest BCUT2D eigenvalue weighted by Gasteiger charge is -2.30. The molecule has 0 aromatic carbocycles. The smallest absolute Gasteiger partial charge is 0.325 e. The Labute approximate surface area is 77.1 Å². The van der Waals surface area contributed by atoms with Gasteiger partial charge in [-0.3, -0.25) is 4.79 Å². The van der Waals surface area contributed by atoms with Crippen molar-refractivity contribution in [2.24, 2.45) is 0 Å². The highest BCUT2D eigenvalue weighted by Crippen LogP contribution is 2.20. The van der Waals surface area contributed by atoms with Crippen LogP contribution in [0.5, 0.6) is 0 Å². The molecule has 0 bridgehead atoms. The van der Waals surface area contributed by atoms with Crippen molar-refractivity contribution in [3.63, 3.8) is 0 Å². The maximum atomic E-state index is 10.4. The van der Waals surface area contributed by atoms with Crippen molar-refractivity contribution in [3.8, 4) is 0 Å². The molecule has 0 fully saturated rings. The molecule has 0 spiro atoms. The van der Waals surface area contributed by atoms with Crippen LogP contribution in [-0.4, -0.2) is 43.9 Å². The quantitative estimate of drug-likeness (QED) is 0.421. The third kappa shape index (κ3) is 3.57. The summed E-state index contributed by atoms with van der Waals surface area (Å²) in [7, 11) is 5.98. The average Bonchev–Trinajstić information content (AvgIpc) is 1.85. The minimum Gasteiger partial charge on any atom is -0.480 e. The van der Waals surface area contributed by atoms with Gasteiger partial charge in [-0.1, -0.05) is 18.5 Å². The summed E-state index contributed by atoms with van der Waals surface area (Å²) >= 11 is 0. The highest BCUT2D eigenvalue weighted by Gasteiger charge is 2.27. The fourth-order valence-electron chi connectivity index (χ4n) is 0.613. The molecule has 0 radical (unpaired) electrons. The monoisotopic (exact) mass is 231 g/mol. The number of aliphatic hydroxyl groups excluding tert-OH is 2. The van der Waals surface area contributed by atoms with E-state index in [2.05, 4.69) is 0 Å². The molecule has 0 aromatic heterocycles. The van der Waals surface area contributed by atoms with Gasteiger partial charge >= 0.3 is 5.97 Å². The van der Waals surface area contributed by atoms with Gasteiger partial charge < -0.3 is 15.3 Å². The highest BCUT2D eigenvalue weighted by atomic mass is 31.0. The fraction of sp³-hybridized carbons (Fsp3) is 0.750. The predicted molar refractivity (Wildman–Crippen MR) is 54.4 cm³/mol. The van der Waals surface area contributed by atoms with Crippen molar-refractivity contribution >= 4 is 33.7 Å². The molecule has 0 saturated heterocycles. The van der Waals surface area contributed by atoms with Gasteiger partial charge in [0.05, 0.1) is 0 Å². The lowest BCUT2D eigenvalue weighted by Crippen LogP contribution is -2.45. The average molecular weight is 231 g/mol. The van der Waals surface area contributed by atoms with Gasteiger partial charge in [0, 0.05) is 0 Å². The molecule has 0 aromatic rings. The molecule has 12 heavy (non-hydrogen) atoms. The molecule has 0 amide bonds. The Kier molecular flexibility index (Phi) is 5.67. The molecular formula is C4H12NO4P3. The number of nitrogens with zero attached hydrogens (tertiary/aromatic N) is 1. The van der Waals surface area contributed by atoms with Gasteiger partial charge in [-0.05, 0) is 0 Å². The standard InChI is InChI=1S/C4H12NO4P3/c6-2(7)1(10)5(3(8)11)4(9)12/h1,3-4,8-9H,10-12H2,(H,6,7). The number of rotatable bonds is 4. The predicted octanol–water partition coefficient (Wildman–Crippen LogP) is -1.12. The number of hydrogen-bond acceptors (Lipinski definition) is 4. The maximum absolute atomic E-state index is 10.4. The molecule has 6 unspecified atom stereocenters. The molecule has 0 saturated carbocycles. The van der Waals surface area contributed by atoms with E-state index in [1.807, 2.05) is 27.7 Å². The fourth-order valence-corrected chi connectivity index (χ4v) is 2.29. The first-order chi connectivity index (χ1) is 5.37. The number of hydrogen-bond donors (Lipinski definition) is 3. The van der Waals surface area contributed by atoms with E-state index in [0.29, 0.717) is 0 Å². The molecule has 0 aliphatic rings. The molecule has 3 N–H and O–H groups in total. The van der Waals surface area contributed by atoms with Crippen molar-refractivity contribution < 1.29 is 20.1 Å². The van der Waals surface area contributed by atoms with Gasteiger partial charge in [0.1, 0.15) is 17.7 Å². The molecular weight excluding hydrogens is 219 g/mol. The Morgan fingerprint density at radius 3 is 1.58 bits per heavy atom. The summed E-state index contributed by atoms with van der Waals surface area (Å²) in [4.78, 5) is 11.4. The van der Waals surface area contributed by atoms with Gasteiger partial charge in [0.25, 0.3) is 0 Å². The first kappa shape index (κ1) is 12.6. The van der Waals surface area contributed by atoms with Crippen LogP contribution in [-0.2, 0) is 4.79 Å². The third-order valence-electron chi connectivity index (χ3n) is 1.19. The number of aliphatic hydroxyl groups is 2. The second-order valence-corrected chi connectivity index (χ2v) is 3.88. The van der Waals surface area contributed by atoms with Crippen molar-refractivity contribution in [2.45, 2.75) is 17.7 Å². The molecule has 0 rings (SSSR count). The topological polar surface area (TPSA) is 81.0 Å². The van der Waals surface area contributed by atoms with E-state index in [-0.39, 0.29) is 0 Å². The Balaban J connectivity index is 4.40. The lowest BCUT2D eigenvalue weighted by molar-refractivity contribution is -0.145. The highest BCUT2D eigenvalue weighted by molar-refractivity contribution is 7.20. The van der Waals surface area contributed by atoms with Crippen molar-refractivity contribution in [1.82, 2.24) is 4.90 Å². The normalized spacial score (nSPS) is 18.8. The van der Waals surface area contributed by atoms with Gasteiger partial charge in [0.15, 0.2) is 0 Å². The molecule has 5 nitrogen and oxygen atoms in total. The summed E-state index contributed by atoms with van der Waals surface area (Å²) in [5, 5.41) is 26.6. The van der Waals surface area contributed by atoms with E-state index < -0.39 is 23.7 Å². The molecule has 8 heteroatoms. The molecule has 72 valence electrons. The summed E-state index contributed by atoms with van der Waals surface area (Å²) in [6.07, 6.45) is 0. The summed E-state index contributed by atoms with van der Waals surface area (Å²) in [6.45, 7) is 0. The summed E-state index contributed by atoms with van der Waals surface area (Å²) < 4.78 is 0. The van der Waals surface area contributed by atoms with Gasteiger partial charge in [-0.2, -0.15) is 0 Å². The molecule has 0 aliphatic heterocycles. The number of aliphatic carboxylic acids is 1. The van der Waals surface area contributed by atoms with Crippen LogP contribution in [0.1, 0.15) is 0 Å². The van der Waals surface area contributed by atoms with Crippen LogP contribution >= 0.6 is 27.7 Å². The molecule has 6 atom stereocenters. The maximum Gasteiger partial charge on any atom is 0.325 e. The zero-order chi connectivity index (χ0) is 9.89. The van der Waals surface area contributed by atoms with Crippen LogP contribution < -0.4 is 0 Å². The van der Waals surface area contributed by atoms with Gasteiger partial charge in [-0.25, -0.2) is 4.90 Å². The second kappa shape index (κ2) is 5.39. The van der Waals surface area contributed by atoms with Crippen molar-refractivity contribution in [2.75, 3.05) is 0 Å². The van der Waals surface area contributed by atoms with E-state index in [9.17, 15) is 4.79 Å². The molecule has 0 heterocycles. The molecule has 0 aliphatic carbocycles. The van der Waals surface area contributed by atoms with E-state index in [1.165, 1.54) is 0 Å². The van der Waals surface area contributed by atoms with Crippen LogP contribution in [0.3, 0.4) is 0 Å². The Morgan fingerprint density at radius 1 is 1.17 bits per heavy atom. The van der Waals surface area contributed by atoms with Crippen molar-refractivity contribution in [1.29, 1.82) is 0 Å². The Morgan fingerprint density at radius 2 is 1.50 bits per heavy atom. The Hall–Kier alpha value is 0.640. The van der Waals surface area contributed by atoms with E-state index >= 15 is 0 Å². The van der Waals surface area contributed by atoms with Crippen molar-refractivity contribution in [3.05, 3.63) is 0 Å². The lowest BCUT2D eigenvalue weighted by atomic mass is 10.6. The second-order valence-electron chi connectivity index (χ2n) is 2.06. The van der Waals surface area contributed by atoms with Crippen LogP contribution in [0.4, 0.5) is 0 Å².